The van der Waals surface area contributed by atoms with E-state index in [2.05, 4.69) is 31.7 Å². The maximum atomic E-state index is 12.9. The summed E-state index contributed by atoms with van der Waals surface area (Å²) in [7, 11) is 0. The molecule has 0 atom stereocenters. The lowest BCUT2D eigenvalue weighted by molar-refractivity contribution is 0.102. The third kappa shape index (κ3) is 5.13. The Bertz CT molecular complexity index is 1400. The molecule has 3 aromatic heterocycles. The molecule has 2 N–H and O–H groups in total. The van der Waals surface area contributed by atoms with Gasteiger partial charge in [0.05, 0.1) is 18.0 Å². The molecule has 0 radical (unpaired) electrons. The first-order valence-corrected chi connectivity index (χ1v) is 10.5. The van der Waals surface area contributed by atoms with E-state index in [9.17, 15) is 13.6 Å². The molecule has 34 heavy (non-hydrogen) atoms. The molecule has 0 spiro atoms. The molecule has 1 aromatic carbocycles. The first-order valence-electron chi connectivity index (χ1n) is 10.5. The van der Waals surface area contributed by atoms with Crippen LogP contribution >= 0.6 is 0 Å². The van der Waals surface area contributed by atoms with Gasteiger partial charge in [0.25, 0.3) is 12.3 Å². The molecule has 0 bridgehead atoms. The number of hydrogen-bond donors (Lipinski definition) is 2. The molecule has 4 aromatic rings. The number of halogens is 2. The number of aryl methyl sites for hydroxylation is 1. The minimum Gasteiger partial charge on any atom is -0.369 e. The maximum Gasteiger partial charge on any atom is 0.274 e. The second-order valence-electron chi connectivity index (χ2n) is 7.58. The lowest BCUT2D eigenvalue weighted by atomic mass is 10.00. The molecule has 0 fully saturated rings. The summed E-state index contributed by atoms with van der Waals surface area (Å²) in [6, 6.07) is 13.5. The standard InChI is InChI=1S/C25H20F2N6O/c1-15-3-4-19(33-25(34)22-10-16(24(26)27)5-8-29-22)11-20(15)17-9-18-14-32-23(30-7-2-6-28)12-21(18)31-13-17/h3-5,8-14,24H,2,7H2,1H3,(H,30,32)(H,33,34). The van der Waals surface area contributed by atoms with E-state index in [4.69, 9.17) is 5.26 Å². The number of nitrogens with zero attached hydrogens (tertiary/aromatic N) is 4. The minimum absolute atomic E-state index is 0.0856. The van der Waals surface area contributed by atoms with Gasteiger partial charge in [0, 0.05) is 53.4 Å². The van der Waals surface area contributed by atoms with Crippen LogP contribution in [0.2, 0.25) is 0 Å². The molecular formula is C25H20F2N6O. The van der Waals surface area contributed by atoms with Crippen molar-refractivity contribution in [2.45, 2.75) is 19.8 Å². The van der Waals surface area contributed by atoms with Crippen LogP contribution in [-0.4, -0.2) is 27.4 Å². The van der Waals surface area contributed by atoms with E-state index < -0.39 is 12.3 Å². The van der Waals surface area contributed by atoms with Crippen molar-refractivity contribution in [3.63, 3.8) is 0 Å². The summed E-state index contributed by atoms with van der Waals surface area (Å²) in [6.45, 7) is 2.45. The van der Waals surface area contributed by atoms with Gasteiger partial charge in [0.2, 0.25) is 0 Å². The molecule has 3 heterocycles. The summed E-state index contributed by atoms with van der Waals surface area (Å²) in [6.07, 6.45) is 2.34. The monoisotopic (exact) mass is 458 g/mol. The second kappa shape index (κ2) is 10.0. The molecule has 0 aliphatic rings. The van der Waals surface area contributed by atoms with Crippen LogP contribution in [0.15, 0.2) is 61.1 Å². The number of fused-ring (bicyclic) bond motifs is 1. The molecule has 0 aliphatic carbocycles. The van der Waals surface area contributed by atoms with E-state index in [1.54, 1.807) is 24.5 Å². The van der Waals surface area contributed by atoms with Crippen molar-refractivity contribution in [1.29, 1.82) is 5.26 Å². The number of nitrogens with one attached hydrogen (secondary N) is 2. The number of anilines is 2. The van der Waals surface area contributed by atoms with Crippen molar-refractivity contribution in [3.8, 4) is 17.2 Å². The van der Waals surface area contributed by atoms with Gasteiger partial charge in [-0.15, -0.1) is 0 Å². The average molecular weight is 458 g/mol. The summed E-state index contributed by atoms with van der Waals surface area (Å²) >= 11 is 0. The number of alkyl halides is 2. The first kappa shape index (κ1) is 22.7. The zero-order chi connectivity index (χ0) is 24.1. The lowest BCUT2D eigenvalue weighted by Gasteiger charge is -2.12. The first-order chi connectivity index (χ1) is 16.4. The van der Waals surface area contributed by atoms with Crippen LogP contribution in [0.5, 0.6) is 0 Å². The summed E-state index contributed by atoms with van der Waals surface area (Å²) in [4.78, 5) is 25.4. The molecule has 0 saturated heterocycles. The van der Waals surface area contributed by atoms with Crippen molar-refractivity contribution in [3.05, 3.63) is 77.9 Å². The summed E-state index contributed by atoms with van der Waals surface area (Å²) in [5, 5.41) is 15.3. The van der Waals surface area contributed by atoms with Crippen LogP contribution in [-0.2, 0) is 0 Å². The third-order valence-corrected chi connectivity index (χ3v) is 5.18. The predicted molar refractivity (Wildman–Crippen MR) is 126 cm³/mol. The number of amides is 1. The number of nitriles is 1. The number of benzene rings is 1. The number of carbonyl (C=O) groups excluding carboxylic acids is 1. The van der Waals surface area contributed by atoms with Gasteiger partial charge in [0.1, 0.15) is 11.5 Å². The van der Waals surface area contributed by atoms with Crippen molar-refractivity contribution in [1.82, 2.24) is 15.0 Å². The molecule has 0 saturated carbocycles. The smallest absolute Gasteiger partial charge is 0.274 e. The highest BCUT2D eigenvalue weighted by Gasteiger charge is 2.14. The van der Waals surface area contributed by atoms with Crippen molar-refractivity contribution in [2.75, 3.05) is 17.2 Å². The summed E-state index contributed by atoms with van der Waals surface area (Å²) < 4.78 is 25.9. The number of aromatic nitrogens is 3. The number of carbonyl (C=O) groups is 1. The van der Waals surface area contributed by atoms with Crippen LogP contribution in [0, 0.1) is 18.3 Å². The van der Waals surface area contributed by atoms with E-state index in [1.165, 1.54) is 12.3 Å². The quantitative estimate of drug-likeness (QED) is 0.354. The number of hydrogen-bond acceptors (Lipinski definition) is 6. The van der Waals surface area contributed by atoms with Crippen LogP contribution in [0.3, 0.4) is 0 Å². The fourth-order valence-corrected chi connectivity index (χ4v) is 3.43. The second-order valence-corrected chi connectivity index (χ2v) is 7.58. The molecule has 0 unspecified atom stereocenters. The van der Waals surface area contributed by atoms with Gasteiger partial charge in [-0.05, 0) is 48.4 Å². The van der Waals surface area contributed by atoms with Crippen molar-refractivity contribution >= 4 is 28.3 Å². The molecule has 4 rings (SSSR count). The van der Waals surface area contributed by atoms with Crippen LogP contribution < -0.4 is 10.6 Å². The molecule has 170 valence electrons. The molecule has 7 nitrogen and oxygen atoms in total. The highest BCUT2D eigenvalue weighted by atomic mass is 19.3. The Balaban J connectivity index is 1.58. The minimum atomic E-state index is -2.68. The zero-order valence-electron chi connectivity index (χ0n) is 18.2. The largest absolute Gasteiger partial charge is 0.369 e. The van der Waals surface area contributed by atoms with Gasteiger partial charge in [-0.25, -0.2) is 13.8 Å². The van der Waals surface area contributed by atoms with Crippen LogP contribution in [0.4, 0.5) is 20.3 Å². The number of rotatable bonds is 7. The highest BCUT2D eigenvalue weighted by Crippen LogP contribution is 2.29. The molecule has 1 amide bonds. The molecule has 9 heteroatoms. The Kier molecular flexibility index (Phi) is 6.69. The van der Waals surface area contributed by atoms with Gasteiger partial charge in [0.15, 0.2) is 0 Å². The normalized spacial score (nSPS) is 10.8. The third-order valence-electron chi connectivity index (χ3n) is 5.18. The van der Waals surface area contributed by atoms with Gasteiger partial charge < -0.3 is 10.6 Å². The molecular weight excluding hydrogens is 438 g/mol. The van der Waals surface area contributed by atoms with Crippen molar-refractivity contribution in [2.24, 2.45) is 0 Å². The Labute approximate surface area is 194 Å². The van der Waals surface area contributed by atoms with E-state index >= 15 is 0 Å². The van der Waals surface area contributed by atoms with Crippen LogP contribution in [0.25, 0.3) is 22.0 Å². The zero-order valence-corrected chi connectivity index (χ0v) is 18.2. The lowest BCUT2D eigenvalue weighted by Crippen LogP contribution is -2.14. The topological polar surface area (TPSA) is 104 Å². The Morgan fingerprint density at radius 2 is 1.94 bits per heavy atom. The van der Waals surface area contributed by atoms with Gasteiger partial charge >= 0.3 is 0 Å². The Morgan fingerprint density at radius 1 is 1.09 bits per heavy atom. The SMILES string of the molecule is Cc1ccc(NC(=O)c2cc(C(F)F)ccn2)cc1-c1cnc2cc(NCCC#N)ncc2c1. The Hall–Kier alpha value is -4.45. The summed E-state index contributed by atoms with van der Waals surface area (Å²) in [5.41, 5.74) is 3.58. The molecule has 0 aliphatic heterocycles. The number of pyridine rings is 3. The highest BCUT2D eigenvalue weighted by molar-refractivity contribution is 6.03. The van der Waals surface area contributed by atoms with E-state index in [0.717, 1.165) is 33.7 Å². The Morgan fingerprint density at radius 3 is 2.74 bits per heavy atom. The maximum absolute atomic E-state index is 12.9. The van der Waals surface area contributed by atoms with Gasteiger partial charge in [-0.2, -0.15) is 5.26 Å². The predicted octanol–water partition coefficient (Wildman–Crippen LogP) is 5.52. The van der Waals surface area contributed by atoms with E-state index in [-0.39, 0.29) is 11.3 Å². The van der Waals surface area contributed by atoms with Crippen molar-refractivity contribution < 1.29 is 13.6 Å². The summed E-state index contributed by atoms with van der Waals surface area (Å²) in [5.74, 6) is 0.0722. The van der Waals surface area contributed by atoms with Crippen LogP contribution in [0.1, 0.15) is 34.5 Å². The van der Waals surface area contributed by atoms with Gasteiger partial charge in [-0.3, -0.25) is 14.8 Å². The fourth-order valence-electron chi connectivity index (χ4n) is 3.43. The average Bonchev–Trinajstić information content (AvgIpc) is 2.85. The van der Waals surface area contributed by atoms with E-state index in [0.29, 0.717) is 24.5 Å². The fraction of sp³-hybridized carbons (Fsp3) is 0.160. The van der Waals surface area contributed by atoms with Gasteiger partial charge in [-0.1, -0.05) is 6.07 Å². The van der Waals surface area contributed by atoms with E-state index in [1.807, 2.05) is 25.1 Å².